The fourth-order valence-electron chi connectivity index (χ4n) is 2.54. The number of fused-ring (bicyclic) bond motifs is 1. The number of alkyl carbamates (subject to hydrolysis) is 1. The second kappa shape index (κ2) is 6.96. The van der Waals surface area contributed by atoms with Crippen LogP contribution in [0.3, 0.4) is 0 Å². The number of carboxylic acid groups (broad SMARTS) is 1. The van der Waals surface area contributed by atoms with Gasteiger partial charge in [0, 0.05) is 24.9 Å². The predicted molar refractivity (Wildman–Crippen MR) is 92.7 cm³/mol. The molecule has 134 valence electrons. The summed E-state index contributed by atoms with van der Waals surface area (Å²) in [7, 11) is 0. The van der Waals surface area contributed by atoms with Crippen molar-refractivity contribution in [2.24, 2.45) is 0 Å². The van der Waals surface area contributed by atoms with E-state index in [4.69, 9.17) is 4.74 Å². The fraction of sp³-hybridized carbons (Fsp3) is 0.389. The number of ether oxygens (including phenoxy) is 1. The summed E-state index contributed by atoms with van der Waals surface area (Å²) >= 11 is 0. The van der Waals surface area contributed by atoms with Crippen molar-refractivity contribution in [1.82, 2.24) is 9.88 Å². The van der Waals surface area contributed by atoms with Crippen molar-refractivity contribution in [3.05, 3.63) is 36.0 Å². The van der Waals surface area contributed by atoms with Gasteiger partial charge in [0.15, 0.2) is 0 Å². The Balaban J connectivity index is 2.28. The third-order valence-electron chi connectivity index (χ3n) is 3.55. The Hall–Kier alpha value is -2.83. The van der Waals surface area contributed by atoms with Crippen LogP contribution in [0, 0.1) is 0 Å². The number of hydrogen-bond acceptors (Lipinski definition) is 4. The van der Waals surface area contributed by atoms with Crippen molar-refractivity contribution in [3.8, 4) is 0 Å². The molecule has 1 unspecified atom stereocenters. The molecule has 0 bridgehead atoms. The molecule has 0 spiro atoms. The number of carboxylic acids is 1. The van der Waals surface area contributed by atoms with Gasteiger partial charge in [-0.25, -0.2) is 9.59 Å². The topological polar surface area (TPSA) is 97.6 Å². The monoisotopic (exact) mass is 346 g/mol. The maximum atomic E-state index is 11.9. The molecular formula is C18H22N2O5. The summed E-state index contributed by atoms with van der Waals surface area (Å²) in [4.78, 5) is 35.2. The van der Waals surface area contributed by atoms with E-state index in [2.05, 4.69) is 5.32 Å². The standard InChI is InChI=1S/C18H22N2O5/c1-11(21)20-10-12(13-7-5-6-8-15(13)20)9-14(16(22)23)19-17(24)25-18(2,3)4/h5-8,10,14H,9H2,1-4H3,(H,19,24)(H,22,23). The van der Waals surface area contributed by atoms with E-state index in [-0.39, 0.29) is 12.3 Å². The van der Waals surface area contributed by atoms with Crippen molar-refractivity contribution in [2.75, 3.05) is 0 Å². The number of aromatic nitrogens is 1. The number of nitrogens with one attached hydrogen (secondary N) is 1. The Kier molecular flexibility index (Phi) is 5.15. The van der Waals surface area contributed by atoms with E-state index in [1.807, 2.05) is 12.1 Å². The number of nitrogens with zero attached hydrogens (tertiary/aromatic N) is 1. The Morgan fingerprint density at radius 2 is 1.88 bits per heavy atom. The highest BCUT2D eigenvalue weighted by molar-refractivity contribution is 5.94. The SMILES string of the molecule is CC(=O)n1cc(CC(NC(=O)OC(C)(C)C)C(=O)O)c2ccccc21. The summed E-state index contributed by atoms with van der Waals surface area (Å²) < 4.78 is 6.58. The fourth-order valence-corrected chi connectivity index (χ4v) is 2.54. The van der Waals surface area contributed by atoms with E-state index in [9.17, 15) is 19.5 Å². The highest BCUT2D eigenvalue weighted by Gasteiger charge is 2.25. The van der Waals surface area contributed by atoms with Gasteiger partial charge in [0.25, 0.3) is 0 Å². The molecule has 0 radical (unpaired) electrons. The molecule has 1 heterocycles. The second-order valence-corrected chi connectivity index (χ2v) is 6.80. The van der Waals surface area contributed by atoms with Crippen LogP contribution in [-0.4, -0.2) is 39.3 Å². The maximum Gasteiger partial charge on any atom is 0.408 e. The van der Waals surface area contributed by atoms with Crippen molar-refractivity contribution < 1.29 is 24.2 Å². The Morgan fingerprint density at radius 3 is 2.44 bits per heavy atom. The van der Waals surface area contributed by atoms with Crippen molar-refractivity contribution in [2.45, 2.75) is 45.8 Å². The summed E-state index contributed by atoms with van der Waals surface area (Å²) in [5, 5.41) is 12.6. The zero-order valence-corrected chi connectivity index (χ0v) is 14.7. The van der Waals surface area contributed by atoms with Crippen LogP contribution < -0.4 is 5.32 Å². The maximum absolute atomic E-state index is 11.9. The van der Waals surface area contributed by atoms with Crippen molar-refractivity contribution >= 4 is 28.9 Å². The van der Waals surface area contributed by atoms with Crippen LogP contribution in [0.15, 0.2) is 30.5 Å². The first-order valence-electron chi connectivity index (χ1n) is 7.90. The lowest BCUT2D eigenvalue weighted by Gasteiger charge is -2.22. The number of amides is 1. The molecule has 25 heavy (non-hydrogen) atoms. The van der Waals surface area contributed by atoms with Gasteiger partial charge in [-0.1, -0.05) is 18.2 Å². The molecule has 0 saturated carbocycles. The van der Waals surface area contributed by atoms with Crippen LogP contribution in [0.1, 0.15) is 38.1 Å². The van der Waals surface area contributed by atoms with Gasteiger partial charge in [0.2, 0.25) is 5.91 Å². The molecule has 1 amide bonds. The minimum Gasteiger partial charge on any atom is -0.480 e. The van der Waals surface area contributed by atoms with Gasteiger partial charge in [-0.15, -0.1) is 0 Å². The van der Waals surface area contributed by atoms with Gasteiger partial charge >= 0.3 is 12.1 Å². The Morgan fingerprint density at radius 1 is 1.24 bits per heavy atom. The average molecular weight is 346 g/mol. The zero-order valence-electron chi connectivity index (χ0n) is 14.7. The number of hydrogen-bond donors (Lipinski definition) is 2. The number of rotatable bonds is 4. The zero-order chi connectivity index (χ0) is 18.8. The largest absolute Gasteiger partial charge is 0.480 e. The molecular weight excluding hydrogens is 324 g/mol. The van der Waals surface area contributed by atoms with Gasteiger partial charge < -0.3 is 15.2 Å². The molecule has 0 aliphatic carbocycles. The van der Waals surface area contributed by atoms with E-state index in [0.717, 1.165) is 5.39 Å². The lowest BCUT2D eigenvalue weighted by Crippen LogP contribution is -2.44. The highest BCUT2D eigenvalue weighted by Crippen LogP contribution is 2.22. The molecule has 0 aliphatic rings. The van der Waals surface area contributed by atoms with Gasteiger partial charge in [-0.2, -0.15) is 0 Å². The molecule has 7 nitrogen and oxygen atoms in total. The summed E-state index contributed by atoms with van der Waals surface area (Å²) in [6, 6.07) is 6.06. The highest BCUT2D eigenvalue weighted by atomic mass is 16.6. The molecule has 1 aromatic carbocycles. The lowest BCUT2D eigenvalue weighted by molar-refractivity contribution is -0.139. The summed E-state index contributed by atoms with van der Waals surface area (Å²) in [5.41, 5.74) is 0.637. The van der Waals surface area contributed by atoms with Crippen molar-refractivity contribution in [3.63, 3.8) is 0 Å². The first kappa shape index (κ1) is 18.5. The van der Waals surface area contributed by atoms with E-state index >= 15 is 0 Å². The summed E-state index contributed by atoms with van der Waals surface area (Å²) in [6.45, 7) is 6.53. The quantitative estimate of drug-likeness (QED) is 0.887. The molecule has 1 atom stereocenters. The molecule has 0 saturated heterocycles. The first-order valence-corrected chi connectivity index (χ1v) is 7.90. The molecule has 2 rings (SSSR count). The summed E-state index contributed by atoms with van der Waals surface area (Å²) in [6.07, 6.45) is 0.852. The lowest BCUT2D eigenvalue weighted by atomic mass is 10.1. The number of aliphatic carboxylic acids is 1. The summed E-state index contributed by atoms with van der Waals surface area (Å²) in [5.74, 6) is -1.35. The van der Waals surface area contributed by atoms with Crippen LogP contribution in [0.4, 0.5) is 4.79 Å². The molecule has 7 heteroatoms. The van der Waals surface area contributed by atoms with Gasteiger partial charge in [0.05, 0.1) is 5.52 Å². The van der Waals surface area contributed by atoms with E-state index in [1.165, 1.54) is 11.5 Å². The van der Waals surface area contributed by atoms with Crippen LogP contribution >= 0.6 is 0 Å². The second-order valence-electron chi connectivity index (χ2n) is 6.80. The minimum atomic E-state index is -1.18. The Bertz CT molecular complexity index is 816. The normalized spacial score (nSPS) is 12.6. The third kappa shape index (κ3) is 4.59. The smallest absolute Gasteiger partial charge is 0.408 e. The van der Waals surface area contributed by atoms with Crippen LogP contribution in [0.25, 0.3) is 10.9 Å². The first-order chi connectivity index (χ1) is 11.6. The predicted octanol–water partition coefficient (Wildman–Crippen LogP) is 2.82. The minimum absolute atomic E-state index is 0.0371. The number of carbonyl (C=O) groups is 3. The van der Waals surface area contributed by atoms with Crippen LogP contribution in [0.5, 0.6) is 0 Å². The van der Waals surface area contributed by atoms with Gasteiger partial charge in [0.1, 0.15) is 11.6 Å². The number of para-hydroxylation sites is 1. The number of carbonyl (C=O) groups excluding carboxylic acids is 2. The van der Waals surface area contributed by atoms with Crippen LogP contribution in [0.2, 0.25) is 0 Å². The van der Waals surface area contributed by atoms with Gasteiger partial charge in [-0.3, -0.25) is 9.36 Å². The van der Waals surface area contributed by atoms with Gasteiger partial charge in [-0.05, 0) is 32.4 Å². The van der Waals surface area contributed by atoms with E-state index in [1.54, 1.807) is 39.1 Å². The molecule has 0 aliphatic heterocycles. The molecule has 2 aromatic rings. The van der Waals surface area contributed by atoms with E-state index in [0.29, 0.717) is 11.1 Å². The molecule has 0 fully saturated rings. The number of benzene rings is 1. The van der Waals surface area contributed by atoms with Crippen LogP contribution in [-0.2, 0) is 16.0 Å². The van der Waals surface area contributed by atoms with E-state index < -0.39 is 23.7 Å². The molecule has 2 N–H and O–H groups in total. The van der Waals surface area contributed by atoms with Crippen molar-refractivity contribution in [1.29, 1.82) is 0 Å². The average Bonchev–Trinajstić information content (AvgIpc) is 2.84. The third-order valence-corrected chi connectivity index (χ3v) is 3.55. The Labute approximate surface area is 145 Å². The molecule has 1 aromatic heterocycles.